The lowest BCUT2D eigenvalue weighted by molar-refractivity contribution is -0.115. The lowest BCUT2D eigenvalue weighted by Crippen LogP contribution is -2.24. The molecule has 0 aliphatic carbocycles. The average molecular weight is 318 g/mol. The van der Waals surface area contributed by atoms with Crippen LogP contribution in [0.1, 0.15) is 57.9 Å². The second kappa shape index (κ2) is 6.14. The maximum atomic E-state index is 12.2. The lowest BCUT2D eigenvalue weighted by Gasteiger charge is -2.20. The van der Waals surface area contributed by atoms with Crippen LogP contribution in [0.4, 0.5) is 5.82 Å². The number of rotatable bonds is 4. The Morgan fingerprint density at radius 2 is 1.96 bits per heavy atom. The second-order valence-electron chi connectivity index (χ2n) is 7.14. The Bertz CT molecular complexity index is 705. The van der Waals surface area contributed by atoms with E-state index in [1.54, 1.807) is 11.7 Å². The van der Waals surface area contributed by atoms with Gasteiger partial charge in [-0.2, -0.15) is 10.2 Å². The van der Waals surface area contributed by atoms with Gasteiger partial charge in [-0.25, -0.2) is 4.98 Å². The molecule has 0 radical (unpaired) electrons. The molecule has 0 aromatic carbocycles. The van der Waals surface area contributed by atoms with Gasteiger partial charge in [-0.05, 0) is 27.7 Å². The first-order valence-electron chi connectivity index (χ1n) is 7.84. The molecule has 2 aromatic heterocycles. The van der Waals surface area contributed by atoms with E-state index < -0.39 is 0 Å². The third kappa shape index (κ3) is 3.97. The summed E-state index contributed by atoms with van der Waals surface area (Å²) in [4.78, 5) is 16.7. The summed E-state index contributed by atoms with van der Waals surface area (Å²) >= 11 is 0. The normalized spacial score (nSPS) is 12.0. The van der Waals surface area contributed by atoms with E-state index in [9.17, 15) is 4.79 Å². The summed E-state index contributed by atoms with van der Waals surface area (Å²) in [6.07, 6.45) is 0.178. The minimum atomic E-state index is -0.144. The summed E-state index contributed by atoms with van der Waals surface area (Å²) in [7, 11) is 1.81. The number of aromatic nitrogens is 5. The Morgan fingerprint density at radius 3 is 2.43 bits per heavy atom. The predicted octanol–water partition coefficient (Wildman–Crippen LogP) is 2.38. The van der Waals surface area contributed by atoms with E-state index >= 15 is 0 Å². The van der Waals surface area contributed by atoms with Crippen LogP contribution in [0.5, 0.6) is 0 Å². The molecule has 0 fully saturated rings. The van der Waals surface area contributed by atoms with Crippen molar-refractivity contribution in [1.82, 2.24) is 24.5 Å². The van der Waals surface area contributed by atoms with Crippen LogP contribution in [0.15, 0.2) is 6.07 Å². The molecule has 1 amide bonds. The van der Waals surface area contributed by atoms with Gasteiger partial charge in [-0.3, -0.25) is 14.2 Å². The summed E-state index contributed by atoms with van der Waals surface area (Å²) < 4.78 is 3.57. The average Bonchev–Trinajstić information content (AvgIpc) is 2.93. The van der Waals surface area contributed by atoms with Gasteiger partial charge in [0.05, 0.1) is 12.0 Å². The van der Waals surface area contributed by atoms with Crippen LogP contribution in [0, 0.1) is 6.92 Å². The predicted molar refractivity (Wildman–Crippen MR) is 89.4 cm³/mol. The lowest BCUT2D eigenvalue weighted by atomic mass is 10.1. The highest BCUT2D eigenvalue weighted by Gasteiger charge is 2.19. The number of nitrogens with zero attached hydrogens (tertiary/aromatic N) is 5. The van der Waals surface area contributed by atoms with Crippen molar-refractivity contribution in [2.24, 2.45) is 7.05 Å². The zero-order valence-electron chi connectivity index (χ0n) is 15.0. The molecule has 2 heterocycles. The zero-order chi connectivity index (χ0) is 17.4. The van der Waals surface area contributed by atoms with Gasteiger partial charge in [-0.15, -0.1) is 0 Å². The fourth-order valence-electron chi connectivity index (χ4n) is 2.38. The van der Waals surface area contributed by atoms with Crippen molar-refractivity contribution in [2.45, 2.75) is 59.4 Å². The summed E-state index contributed by atoms with van der Waals surface area (Å²) in [6, 6.07) is 1.87. The van der Waals surface area contributed by atoms with Gasteiger partial charge in [0, 0.05) is 24.7 Å². The van der Waals surface area contributed by atoms with Gasteiger partial charge in [0.1, 0.15) is 5.82 Å². The molecule has 0 aliphatic heterocycles. The largest absolute Gasteiger partial charge is 0.309 e. The quantitative estimate of drug-likeness (QED) is 0.939. The maximum absolute atomic E-state index is 12.2. The summed E-state index contributed by atoms with van der Waals surface area (Å²) in [6.45, 7) is 12.3. The Kier molecular flexibility index (Phi) is 4.58. The summed E-state index contributed by atoms with van der Waals surface area (Å²) in [5.41, 5.74) is 0.886. The highest BCUT2D eigenvalue weighted by molar-refractivity contribution is 5.90. The highest BCUT2D eigenvalue weighted by Crippen LogP contribution is 2.19. The zero-order valence-corrected chi connectivity index (χ0v) is 15.0. The number of aryl methyl sites for hydroxylation is 2. The summed E-state index contributed by atoms with van der Waals surface area (Å²) in [5, 5.41) is 11.6. The van der Waals surface area contributed by atoms with Crippen molar-refractivity contribution in [3.8, 4) is 0 Å². The first-order chi connectivity index (χ1) is 10.6. The minimum Gasteiger partial charge on any atom is -0.309 e. The topological polar surface area (TPSA) is 77.6 Å². The highest BCUT2D eigenvalue weighted by atomic mass is 16.1. The van der Waals surface area contributed by atoms with E-state index in [0.717, 1.165) is 11.5 Å². The molecule has 0 spiro atoms. The number of amides is 1. The van der Waals surface area contributed by atoms with Crippen molar-refractivity contribution in [3.63, 3.8) is 0 Å². The van der Waals surface area contributed by atoms with Crippen LogP contribution in [0.25, 0.3) is 0 Å². The first kappa shape index (κ1) is 17.2. The van der Waals surface area contributed by atoms with E-state index in [4.69, 9.17) is 0 Å². The molecule has 7 heteroatoms. The smallest absolute Gasteiger partial charge is 0.233 e. The van der Waals surface area contributed by atoms with Crippen molar-refractivity contribution < 1.29 is 4.79 Å². The molecule has 2 aromatic rings. The van der Waals surface area contributed by atoms with Crippen molar-refractivity contribution >= 4 is 11.7 Å². The third-order valence-electron chi connectivity index (χ3n) is 3.50. The molecule has 23 heavy (non-hydrogen) atoms. The van der Waals surface area contributed by atoms with Crippen LogP contribution < -0.4 is 5.32 Å². The molecule has 1 N–H and O–H groups in total. The third-order valence-corrected chi connectivity index (χ3v) is 3.50. The number of carbonyl (C=O) groups excluding carboxylic acids is 1. The standard InChI is InChI=1S/C16H26N6O/c1-10(2)15-18-13(21(7)20-15)9-14(23)17-12-8-11(3)22(19-12)16(4,5)6/h8,10H,9H2,1-7H3,(H,17,19,23). The minimum absolute atomic E-state index is 0.122. The molecule has 7 nitrogen and oxygen atoms in total. The number of hydrogen-bond donors (Lipinski definition) is 1. The number of carbonyl (C=O) groups is 1. The molecule has 0 saturated heterocycles. The molecule has 0 atom stereocenters. The van der Waals surface area contributed by atoms with Crippen LogP contribution in [-0.4, -0.2) is 30.5 Å². The summed E-state index contributed by atoms with van der Waals surface area (Å²) in [5.74, 6) is 2.06. The van der Waals surface area contributed by atoms with E-state index in [2.05, 4.69) is 41.3 Å². The SMILES string of the molecule is Cc1cc(NC(=O)Cc2nc(C(C)C)nn2C)nn1C(C)(C)C. The molecular formula is C16H26N6O. The van der Waals surface area contributed by atoms with Gasteiger partial charge in [0.25, 0.3) is 0 Å². The Balaban J connectivity index is 2.08. The van der Waals surface area contributed by atoms with Crippen molar-refractivity contribution in [3.05, 3.63) is 23.4 Å². The van der Waals surface area contributed by atoms with E-state index in [-0.39, 0.29) is 23.8 Å². The fourth-order valence-corrected chi connectivity index (χ4v) is 2.38. The van der Waals surface area contributed by atoms with Crippen LogP contribution in [-0.2, 0) is 23.8 Å². The van der Waals surface area contributed by atoms with Gasteiger partial charge in [0.2, 0.25) is 5.91 Å². The molecular weight excluding hydrogens is 292 g/mol. The van der Waals surface area contributed by atoms with Gasteiger partial charge >= 0.3 is 0 Å². The monoisotopic (exact) mass is 318 g/mol. The Labute approximate surface area is 137 Å². The van der Waals surface area contributed by atoms with Gasteiger partial charge in [-0.1, -0.05) is 13.8 Å². The van der Waals surface area contributed by atoms with Crippen LogP contribution in [0.3, 0.4) is 0 Å². The molecule has 2 rings (SSSR count). The Hall–Kier alpha value is -2.18. The van der Waals surface area contributed by atoms with Gasteiger partial charge in [0.15, 0.2) is 11.6 Å². The second-order valence-corrected chi connectivity index (χ2v) is 7.14. The molecule has 0 aliphatic rings. The van der Waals surface area contributed by atoms with Crippen molar-refractivity contribution in [2.75, 3.05) is 5.32 Å². The van der Waals surface area contributed by atoms with E-state index in [1.807, 2.05) is 31.5 Å². The fraction of sp³-hybridized carbons (Fsp3) is 0.625. The van der Waals surface area contributed by atoms with E-state index in [1.165, 1.54) is 0 Å². The Morgan fingerprint density at radius 1 is 1.30 bits per heavy atom. The number of nitrogens with one attached hydrogen (secondary N) is 1. The van der Waals surface area contributed by atoms with Crippen molar-refractivity contribution in [1.29, 1.82) is 0 Å². The van der Waals surface area contributed by atoms with Gasteiger partial charge < -0.3 is 5.32 Å². The van der Waals surface area contributed by atoms with Crippen LogP contribution in [0.2, 0.25) is 0 Å². The maximum Gasteiger partial charge on any atom is 0.233 e. The molecule has 0 unspecified atom stereocenters. The molecule has 0 bridgehead atoms. The van der Waals surface area contributed by atoms with E-state index in [0.29, 0.717) is 11.6 Å². The number of hydrogen-bond acceptors (Lipinski definition) is 4. The molecule has 0 saturated carbocycles. The number of anilines is 1. The molecule has 126 valence electrons. The van der Waals surface area contributed by atoms with Crippen LogP contribution >= 0.6 is 0 Å². The first-order valence-corrected chi connectivity index (χ1v) is 7.84.